The maximum Gasteiger partial charge on any atom is 0.244 e. The SMILES string of the molecule is O=C(/C=C\c1ccc(Cl)cc1)NC[C@H]1CCCO1. The first-order valence-corrected chi connectivity index (χ1v) is 6.45. The highest BCUT2D eigenvalue weighted by Gasteiger charge is 2.15. The zero-order chi connectivity index (χ0) is 12.8. The van der Waals surface area contributed by atoms with Crippen molar-refractivity contribution in [3.63, 3.8) is 0 Å². The van der Waals surface area contributed by atoms with Gasteiger partial charge in [-0.2, -0.15) is 0 Å². The lowest BCUT2D eigenvalue weighted by molar-refractivity contribution is -0.116. The van der Waals surface area contributed by atoms with Crippen LogP contribution < -0.4 is 5.32 Å². The Bertz CT molecular complexity index is 422. The van der Waals surface area contributed by atoms with E-state index in [-0.39, 0.29) is 12.0 Å². The molecule has 3 nitrogen and oxygen atoms in total. The van der Waals surface area contributed by atoms with Crippen LogP contribution in [0, 0.1) is 0 Å². The molecule has 1 fully saturated rings. The largest absolute Gasteiger partial charge is 0.376 e. The Morgan fingerprint density at radius 1 is 1.44 bits per heavy atom. The fourth-order valence-electron chi connectivity index (χ4n) is 1.82. The minimum atomic E-state index is -0.0968. The monoisotopic (exact) mass is 265 g/mol. The van der Waals surface area contributed by atoms with E-state index in [0.29, 0.717) is 11.6 Å². The molecule has 2 rings (SSSR count). The van der Waals surface area contributed by atoms with Crippen molar-refractivity contribution in [1.82, 2.24) is 5.32 Å². The molecule has 1 aromatic carbocycles. The first-order chi connectivity index (χ1) is 8.74. The van der Waals surface area contributed by atoms with E-state index in [2.05, 4.69) is 5.32 Å². The standard InChI is InChI=1S/C14H16ClNO2/c15-12-6-3-11(4-7-12)5-8-14(17)16-10-13-2-1-9-18-13/h3-8,13H,1-2,9-10H2,(H,16,17)/b8-5-/t13-/m1/s1. The first kappa shape index (κ1) is 13.1. The van der Waals surface area contributed by atoms with Gasteiger partial charge in [-0.1, -0.05) is 23.7 Å². The van der Waals surface area contributed by atoms with Crippen molar-refractivity contribution < 1.29 is 9.53 Å². The number of hydrogen-bond acceptors (Lipinski definition) is 2. The lowest BCUT2D eigenvalue weighted by atomic mass is 10.2. The minimum absolute atomic E-state index is 0.0968. The van der Waals surface area contributed by atoms with Gasteiger partial charge in [-0.3, -0.25) is 4.79 Å². The predicted molar refractivity (Wildman–Crippen MR) is 72.5 cm³/mol. The van der Waals surface area contributed by atoms with Crippen LogP contribution >= 0.6 is 11.6 Å². The topological polar surface area (TPSA) is 38.3 Å². The summed E-state index contributed by atoms with van der Waals surface area (Å²) in [7, 11) is 0. The zero-order valence-electron chi connectivity index (χ0n) is 10.1. The fraction of sp³-hybridized carbons (Fsp3) is 0.357. The molecule has 0 aliphatic carbocycles. The molecule has 18 heavy (non-hydrogen) atoms. The average Bonchev–Trinajstić information content (AvgIpc) is 2.89. The molecule has 1 saturated heterocycles. The minimum Gasteiger partial charge on any atom is -0.376 e. The lowest BCUT2D eigenvalue weighted by Gasteiger charge is -2.08. The van der Waals surface area contributed by atoms with Gasteiger partial charge in [-0.25, -0.2) is 0 Å². The summed E-state index contributed by atoms with van der Waals surface area (Å²) < 4.78 is 5.43. The van der Waals surface area contributed by atoms with Crippen molar-refractivity contribution in [3.8, 4) is 0 Å². The first-order valence-electron chi connectivity index (χ1n) is 6.07. The molecule has 1 aromatic rings. The van der Waals surface area contributed by atoms with Gasteiger partial charge >= 0.3 is 0 Å². The van der Waals surface area contributed by atoms with Gasteiger partial charge < -0.3 is 10.1 Å². The Morgan fingerprint density at radius 3 is 2.89 bits per heavy atom. The molecule has 0 radical (unpaired) electrons. The Hall–Kier alpha value is -1.32. The Labute approximate surface area is 112 Å². The third-order valence-corrected chi connectivity index (χ3v) is 3.08. The van der Waals surface area contributed by atoms with E-state index in [0.717, 1.165) is 25.0 Å². The lowest BCUT2D eigenvalue weighted by Crippen LogP contribution is -2.30. The number of carbonyl (C=O) groups is 1. The molecule has 0 aromatic heterocycles. The Morgan fingerprint density at radius 2 is 2.22 bits per heavy atom. The molecular weight excluding hydrogens is 250 g/mol. The van der Waals surface area contributed by atoms with Crippen LogP contribution in [0.5, 0.6) is 0 Å². The molecule has 1 amide bonds. The summed E-state index contributed by atoms with van der Waals surface area (Å²) in [6.07, 6.45) is 5.58. The van der Waals surface area contributed by atoms with E-state index in [1.165, 1.54) is 6.08 Å². The summed E-state index contributed by atoms with van der Waals surface area (Å²) in [5.74, 6) is -0.0968. The molecule has 0 spiro atoms. The van der Waals surface area contributed by atoms with E-state index in [9.17, 15) is 4.79 Å². The second-order valence-corrected chi connectivity index (χ2v) is 4.70. The molecule has 0 unspecified atom stereocenters. The number of halogens is 1. The van der Waals surface area contributed by atoms with E-state index < -0.39 is 0 Å². The van der Waals surface area contributed by atoms with Crippen LogP contribution in [0.2, 0.25) is 5.02 Å². The molecule has 1 N–H and O–H groups in total. The molecule has 0 saturated carbocycles. The van der Waals surface area contributed by atoms with Gasteiger partial charge in [0.25, 0.3) is 0 Å². The highest BCUT2D eigenvalue weighted by Crippen LogP contribution is 2.11. The van der Waals surface area contributed by atoms with Gasteiger partial charge in [-0.15, -0.1) is 0 Å². The number of carbonyl (C=O) groups excluding carboxylic acids is 1. The van der Waals surface area contributed by atoms with Crippen molar-refractivity contribution >= 4 is 23.6 Å². The summed E-state index contributed by atoms with van der Waals surface area (Å²) in [5, 5.41) is 3.52. The van der Waals surface area contributed by atoms with Crippen LogP contribution in [-0.4, -0.2) is 25.2 Å². The highest BCUT2D eigenvalue weighted by atomic mass is 35.5. The van der Waals surface area contributed by atoms with Gasteiger partial charge in [0.05, 0.1) is 6.10 Å². The van der Waals surface area contributed by atoms with E-state index >= 15 is 0 Å². The molecule has 96 valence electrons. The van der Waals surface area contributed by atoms with Crippen LogP contribution in [0.4, 0.5) is 0 Å². The quantitative estimate of drug-likeness (QED) is 0.850. The van der Waals surface area contributed by atoms with Crippen molar-refractivity contribution in [2.45, 2.75) is 18.9 Å². The summed E-state index contributed by atoms with van der Waals surface area (Å²) in [5.41, 5.74) is 0.951. The number of nitrogens with one attached hydrogen (secondary N) is 1. The Balaban J connectivity index is 1.77. The maximum absolute atomic E-state index is 11.6. The summed E-state index contributed by atoms with van der Waals surface area (Å²) in [6.45, 7) is 1.39. The smallest absolute Gasteiger partial charge is 0.244 e. The van der Waals surface area contributed by atoms with E-state index in [1.54, 1.807) is 18.2 Å². The van der Waals surface area contributed by atoms with Crippen molar-refractivity contribution in [1.29, 1.82) is 0 Å². The fourth-order valence-corrected chi connectivity index (χ4v) is 1.95. The van der Waals surface area contributed by atoms with E-state index in [4.69, 9.17) is 16.3 Å². The molecule has 1 heterocycles. The number of amides is 1. The van der Waals surface area contributed by atoms with Gasteiger partial charge in [0.2, 0.25) is 5.91 Å². The molecule has 1 atom stereocenters. The summed E-state index contributed by atoms with van der Waals surface area (Å²) in [4.78, 5) is 11.6. The summed E-state index contributed by atoms with van der Waals surface area (Å²) >= 11 is 5.78. The van der Waals surface area contributed by atoms with Gasteiger partial charge in [0.1, 0.15) is 0 Å². The Kier molecular flexibility index (Phi) is 4.79. The molecule has 4 heteroatoms. The van der Waals surface area contributed by atoms with Crippen LogP contribution in [0.25, 0.3) is 6.08 Å². The van der Waals surface area contributed by atoms with E-state index in [1.807, 2.05) is 12.1 Å². The second-order valence-electron chi connectivity index (χ2n) is 4.27. The number of benzene rings is 1. The van der Waals surface area contributed by atoms with Crippen LogP contribution in [0.3, 0.4) is 0 Å². The number of hydrogen-bond donors (Lipinski definition) is 1. The molecule has 1 aliphatic heterocycles. The molecule has 1 aliphatic rings. The zero-order valence-corrected chi connectivity index (χ0v) is 10.8. The van der Waals surface area contributed by atoms with Crippen LogP contribution in [0.1, 0.15) is 18.4 Å². The maximum atomic E-state index is 11.6. The second kappa shape index (κ2) is 6.57. The third-order valence-electron chi connectivity index (χ3n) is 2.83. The van der Waals surface area contributed by atoms with Crippen molar-refractivity contribution in [2.75, 3.05) is 13.2 Å². The average molecular weight is 266 g/mol. The molecule has 0 bridgehead atoms. The molecular formula is C14H16ClNO2. The van der Waals surface area contributed by atoms with Crippen LogP contribution in [0.15, 0.2) is 30.3 Å². The van der Waals surface area contributed by atoms with Crippen LogP contribution in [-0.2, 0) is 9.53 Å². The highest BCUT2D eigenvalue weighted by molar-refractivity contribution is 6.30. The summed E-state index contributed by atoms with van der Waals surface area (Å²) in [6, 6.07) is 7.33. The van der Waals surface area contributed by atoms with Gasteiger partial charge in [0.15, 0.2) is 0 Å². The normalized spacial score (nSPS) is 19.3. The van der Waals surface area contributed by atoms with Gasteiger partial charge in [0, 0.05) is 24.3 Å². The third kappa shape index (κ3) is 4.17. The van der Waals surface area contributed by atoms with Crippen molar-refractivity contribution in [2.24, 2.45) is 0 Å². The van der Waals surface area contributed by atoms with Crippen molar-refractivity contribution in [3.05, 3.63) is 40.9 Å². The predicted octanol–water partition coefficient (Wildman–Crippen LogP) is 2.65. The van der Waals surface area contributed by atoms with Gasteiger partial charge in [-0.05, 0) is 36.6 Å². The number of ether oxygens (including phenoxy) is 1. The number of rotatable bonds is 4.